The lowest BCUT2D eigenvalue weighted by Crippen LogP contribution is -2.59. The average molecular weight is 523 g/mol. The van der Waals surface area contributed by atoms with Crippen LogP contribution in [0.3, 0.4) is 0 Å². The number of piperidine rings is 1. The Morgan fingerprint density at radius 3 is 2.39 bits per heavy atom. The van der Waals surface area contributed by atoms with E-state index in [1.54, 1.807) is 4.90 Å². The smallest absolute Gasteiger partial charge is 0.251 e. The van der Waals surface area contributed by atoms with Gasteiger partial charge in [-0.2, -0.15) is 0 Å². The number of rotatable bonds is 8. The Bertz CT molecular complexity index is 1100. The van der Waals surface area contributed by atoms with E-state index in [0.717, 1.165) is 32.1 Å². The van der Waals surface area contributed by atoms with Crippen molar-refractivity contribution in [1.29, 1.82) is 0 Å². The summed E-state index contributed by atoms with van der Waals surface area (Å²) >= 11 is 0. The van der Waals surface area contributed by atoms with Gasteiger partial charge in [-0.25, -0.2) is 0 Å². The number of hydrogen-bond acceptors (Lipinski definition) is 5. The van der Waals surface area contributed by atoms with E-state index in [1.165, 1.54) is 11.1 Å². The van der Waals surface area contributed by atoms with Crippen LogP contribution in [-0.2, 0) is 32.0 Å². The van der Waals surface area contributed by atoms with E-state index in [1.807, 2.05) is 12.1 Å². The van der Waals surface area contributed by atoms with Crippen LogP contribution < -0.4 is 16.0 Å². The van der Waals surface area contributed by atoms with Crippen LogP contribution in [0.2, 0.25) is 0 Å². The van der Waals surface area contributed by atoms with Crippen molar-refractivity contribution in [2.75, 3.05) is 13.1 Å². The summed E-state index contributed by atoms with van der Waals surface area (Å²) in [6.45, 7) is 1.09. The van der Waals surface area contributed by atoms with E-state index in [-0.39, 0.29) is 47.4 Å². The molecule has 1 aromatic rings. The first-order valence-corrected chi connectivity index (χ1v) is 14.3. The fourth-order valence-electron chi connectivity index (χ4n) is 6.65. The van der Waals surface area contributed by atoms with Gasteiger partial charge in [0.25, 0.3) is 5.91 Å². The van der Waals surface area contributed by atoms with Gasteiger partial charge in [-0.15, -0.1) is 0 Å². The maximum Gasteiger partial charge on any atom is 0.251 e. The average Bonchev–Trinajstić information content (AvgIpc) is 3.80. The molecule has 0 radical (unpaired) electrons. The van der Waals surface area contributed by atoms with Gasteiger partial charge in [0.2, 0.25) is 17.7 Å². The zero-order valence-corrected chi connectivity index (χ0v) is 21.8. The number of likely N-dealkylation sites (tertiary alicyclic amines) is 1. The predicted octanol–water partition coefficient (Wildman–Crippen LogP) is 0.823. The minimum absolute atomic E-state index is 0.00981. The third kappa shape index (κ3) is 5.17. The molecular weight excluding hydrogens is 484 g/mol. The number of aliphatic hydroxyl groups excluding tert-OH is 1. The fourth-order valence-corrected chi connectivity index (χ4v) is 6.65. The lowest BCUT2D eigenvalue weighted by atomic mass is 9.85. The van der Waals surface area contributed by atoms with Crippen molar-refractivity contribution in [3.63, 3.8) is 0 Å². The lowest BCUT2D eigenvalue weighted by Gasteiger charge is -2.41. The number of fused-ring (bicyclic) bond motifs is 1. The van der Waals surface area contributed by atoms with Crippen molar-refractivity contribution < 1.29 is 24.3 Å². The maximum absolute atomic E-state index is 13.8. The summed E-state index contributed by atoms with van der Waals surface area (Å²) < 4.78 is 0. The van der Waals surface area contributed by atoms with Gasteiger partial charge >= 0.3 is 0 Å². The second-order valence-corrected chi connectivity index (χ2v) is 12.2. The monoisotopic (exact) mass is 522 g/mol. The molecule has 4 N–H and O–H groups in total. The molecule has 4 fully saturated rings. The highest BCUT2D eigenvalue weighted by Crippen LogP contribution is 2.55. The molecule has 204 valence electrons. The van der Waals surface area contributed by atoms with Gasteiger partial charge in [0.15, 0.2) is 6.10 Å². The van der Waals surface area contributed by atoms with Crippen molar-refractivity contribution in [1.82, 2.24) is 20.9 Å². The minimum Gasteiger partial charge on any atom is -0.381 e. The molecule has 4 amide bonds. The highest BCUT2D eigenvalue weighted by Gasteiger charge is 2.52. The number of carbonyl (C=O) groups is 4. The molecule has 38 heavy (non-hydrogen) atoms. The number of hydrogen-bond donors (Lipinski definition) is 4. The number of benzene rings is 1. The van der Waals surface area contributed by atoms with Crippen molar-refractivity contribution in [2.24, 2.45) is 17.3 Å². The molecule has 2 saturated heterocycles. The first-order valence-electron chi connectivity index (χ1n) is 14.3. The van der Waals surface area contributed by atoms with E-state index in [2.05, 4.69) is 28.1 Å². The topological polar surface area (TPSA) is 128 Å². The van der Waals surface area contributed by atoms with Crippen molar-refractivity contribution >= 4 is 23.6 Å². The molecule has 1 aromatic carbocycles. The molecule has 2 unspecified atom stereocenters. The van der Waals surface area contributed by atoms with Crippen LogP contribution in [0.1, 0.15) is 62.5 Å². The van der Waals surface area contributed by atoms with Crippen LogP contribution in [0.4, 0.5) is 0 Å². The van der Waals surface area contributed by atoms with Crippen LogP contribution in [0.5, 0.6) is 0 Å². The van der Waals surface area contributed by atoms with Crippen molar-refractivity contribution in [3.8, 4) is 0 Å². The van der Waals surface area contributed by atoms with Crippen LogP contribution in [0, 0.1) is 17.3 Å². The summed E-state index contributed by atoms with van der Waals surface area (Å²) in [5.74, 6) is -1.51. The molecule has 2 saturated carbocycles. The largest absolute Gasteiger partial charge is 0.381 e. The Balaban J connectivity index is 1.18. The number of aliphatic hydroxyl groups is 1. The van der Waals surface area contributed by atoms with Crippen LogP contribution >= 0.6 is 0 Å². The first kappa shape index (κ1) is 25.3. The number of nitrogens with one attached hydrogen (secondary N) is 3. The summed E-state index contributed by atoms with van der Waals surface area (Å²) in [7, 11) is 0. The second kappa shape index (κ2) is 9.98. The summed E-state index contributed by atoms with van der Waals surface area (Å²) in [6.07, 6.45) is 6.08. The van der Waals surface area contributed by atoms with Gasteiger partial charge in [0.05, 0.1) is 6.04 Å². The summed E-state index contributed by atoms with van der Waals surface area (Å²) in [5.41, 5.74) is 2.50. The predicted molar refractivity (Wildman–Crippen MR) is 139 cm³/mol. The molecule has 4 atom stereocenters. The molecule has 0 bridgehead atoms. The number of nitrogens with zero attached hydrogens (tertiary/aromatic N) is 1. The maximum atomic E-state index is 13.8. The lowest BCUT2D eigenvalue weighted by molar-refractivity contribution is -0.148. The van der Waals surface area contributed by atoms with Crippen molar-refractivity contribution in [2.45, 2.75) is 88.4 Å². The Morgan fingerprint density at radius 2 is 1.79 bits per heavy atom. The van der Waals surface area contributed by atoms with Crippen LogP contribution in [0.15, 0.2) is 24.3 Å². The van der Waals surface area contributed by atoms with Gasteiger partial charge in [-0.1, -0.05) is 24.3 Å². The SMILES string of the molecule is O=C(NC1CC1)C(O)[C@H](C[C@@H]1CCNC1=O)NC(=O)C1CC2(CCN1C(=O)C1Cc3ccccc3C1)CC2. The third-order valence-corrected chi connectivity index (χ3v) is 9.43. The van der Waals surface area contributed by atoms with E-state index >= 15 is 0 Å². The van der Waals surface area contributed by atoms with Crippen LogP contribution in [0.25, 0.3) is 0 Å². The number of amides is 4. The normalized spacial score (nSPS) is 27.4. The summed E-state index contributed by atoms with van der Waals surface area (Å²) in [4.78, 5) is 54.4. The molecule has 3 aliphatic carbocycles. The van der Waals surface area contributed by atoms with Gasteiger partial charge < -0.3 is 26.0 Å². The molecule has 5 aliphatic rings. The quantitative estimate of drug-likeness (QED) is 0.402. The summed E-state index contributed by atoms with van der Waals surface area (Å²) in [6, 6.07) is 6.66. The molecule has 9 nitrogen and oxygen atoms in total. The van der Waals surface area contributed by atoms with Gasteiger partial charge in [-0.3, -0.25) is 19.2 Å². The standard InChI is InChI=1S/C29H38N4O5/c34-24(27(37)31-21-5-6-21)22(15-19-7-11-30-25(19)35)32-26(36)23-16-29(8-9-29)10-12-33(23)28(38)20-13-17-3-1-2-4-18(17)14-20/h1-4,19-24,34H,5-16H2,(H,30,35)(H,31,37)(H,32,36)/t19-,22-,23?,24?/m0/s1. The molecule has 0 aromatic heterocycles. The minimum atomic E-state index is -1.46. The Kier molecular flexibility index (Phi) is 6.66. The fraction of sp³-hybridized carbons (Fsp3) is 0.655. The third-order valence-electron chi connectivity index (χ3n) is 9.43. The van der Waals surface area contributed by atoms with Gasteiger partial charge in [0, 0.05) is 31.0 Å². The Labute approximate surface area is 223 Å². The highest BCUT2D eigenvalue weighted by molar-refractivity contribution is 5.91. The van der Waals surface area contributed by atoms with E-state index in [0.29, 0.717) is 38.8 Å². The van der Waals surface area contributed by atoms with Gasteiger partial charge in [0.1, 0.15) is 6.04 Å². The molecule has 1 spiro atoms. The van der Waals surface area contributed by atoms with Crippen LogP contribution in [-0.4, -0.2) is 71.0 Å². The molecule has 2 aliphatic heterocycles. The van der Waals surface area contributed by atoms with E-state index in [9.17, 15) is 24.3 Å². The number of carbonyl (C=O) groups excluding carboxylic acids is 4. The first-order chi connectivity index (χ1) is 18.3. The van der Waals surface area contributed by atoms with Gasteiger partial charge in [-0.05, 0) is 80.8 Å². The van der Waals surface area contributed by atoms with E-state index in [4.69, 9.17) is 0 Å². The molecule has 2 heterocycles. The Morgan fingerprint density at radius 1 is 1.08 bits per heavy atom. The zero-order valence-electron chi connectivity index (χ0n) is 21.8. The highest BCUT2D eigenvalue weighted by atomic mass is 16.3. The van der Waals surface area contributed by atoms with Crippen molar-refractivity contribution in [3.05, 3.63) is 35.4 Å². The van der Waals surface area contributed by atoms with E-state index < -0.39 is 24.1 Å². The second-order valence-electron chi connectivity index (χ2n) is 12.2. The molecule has 6 rings (SSSR count). The molecule has 9 heteroatoms. The Hall–Kier alpha value is -2.94. The zero-order chi connectivity index (χ0) is 26.4. The molecular formula is C29H38N4O5. The summed E-state index contributed by atoms with van der Waals surface area (Å²) in [5, 5.41) is 19.5.